The Labute approximate surface area is 139 Å². The summed E-state index contributed by atoms with van der Waals surface area (Å²) >= 11 is 0. The van der Waals surface area contributed by atoms with Gasteiger partial charge in [0.15, 0.2) is 0 Å². The summed E-state index contributed by atoms with van der Waals surface area (Å²) in [5.74, 6) is 0.473. The Balaban J connectivity index is 1.86. The van der Waals surface area contributed by atoms with E-state index >= 15 is 0 Å². The molecule has 0 bridgehead atoms. The molecule has 2 unspecified atom stereocenters. The first kappa shape index (κ1) is 17.8. The second kappa shape index (κ2) is 7.34. The summed E-state index contributed by atoms with van der Waals surface area (Å²) in [6.07, 6.45) is 4.70. The number of aryl methyl sites for hydroxylation is 2. The van der Waals surface area contributed by atoms with Gasteiger partial charge in [0.25, 0.3) is 0 Å². The first-order chi connectivity index (χ1) is 10.8. The number of carbonyl (C=O) groups excluding carboxylic acids is 1. The third-order valence-electron chi connectivity index (χ3n) is 4.45. The number of aromatic nitrogens is 2. The van der Waals surface area contributed by atoms with E-state index < -0.39 is 5.60 Å². The van der Waals surface area contributed by atoms with E-state index in [1.807, 2.05) is 50.6 Å². The van der Waals surface area contributed by atoms with E-state index in [-0.39, 0.29) is 6.09 Å². The third kappa shape index (κ3) is 4.96. The standard InChI is InChI=1S/C17H30N4O2/c1-17(2,3)23-16(22)21-11-9-13(12-21)15(18-4)7-6-14-8-10-19-20(14)5/h8,10,13,15,18H,6-7,9,11-12H2,1-5H3. The van der Waals surface area contributed by atoms with Gasteiger partial charge in [-0.25, -0.2) is 4.79 Å². The monoisotopic (exact) mass is 322 g/mol. The van der Waals surface area contributed by atoms with Crippen LogP contribution in [0.2, 0.25) is 0 Å². The Morgan fingerprint density at radius 2 is 2.26 bits per heavy atom. The molecule has 0 aromatic carbocycles. The van der Waals surface area contributed by atoms with Gasteiger partial charge < -0.3 is 15.0 Å². The van der Waals surface area contributed by atoms with E-state index in [1.165, 1.54) is 5.69 Å². The molecule has 0 aliphatic carbocycles. The number of carbonyl (C=O) groups is 1. The quantitative estimate of drug-likeness (QED) is 0.903. The molecule has 2 rings (SSSR count). The molecule has 130 valence electrons. The summed E-state index contributed by atoms with van der Waals surface area (Å²) in [6.45, 7) is 7.27. The topological polar surface area (TPSA) is 59.4 Å². The molecule has 1 aromatic heterocycles. The zero-order valence-corrected chi connectivity index (χ0v) is 15.0. The van der Waals surface area contributed by atoms with Gasteiger partial charge in [0.1, 0.15) is 5.60 Å². The van der Waals surface area contributed by atoms with Gasteiger partial charge in [0.05, 0.1) is 0 Å². The van der Waals surface area contributed by atoms with Crippen LogP contribution in [0, 0.1) is 5.92 Å². The Hall–Kier alpha value is -1.56. The lowest BCUT2D eigenvalue weighted by atomic mass is 9.94. The summed E-state index contributed by atoms with van der Waals surface area (Å²) in [4.78, 5) is 14.0. The molecule has 1 fully saturated rings. The largest absolute Gasteiger partial charge is 0.444 e. The van der Waals surface area contributed by atoms with Crippen molar-refractivity contribution in [2.45, 2.75) is 51.7 Å². The highest BCUT2D eigenvalue weighted by molar-refractivity contribution is 5.68. The molecular weight excluding hydrogens is 292 g/mol. The van der Waals surface area contributed by atoms with Crippen molar-refractivity contribution in [3.8, 4) is 0 Å². The van der Waals surface area contributed by atoms with Gasteiger partial charge in [-0.15, -0.1) is 0 Å². The molecule has 0 saturated carbocycles. The normalized spacial score (nSPS) is 19.9. The molecule has 1 aliphatic rings. The van der Waals surface area contributed by atoms with Gasteiger partial charge in [0.2, 0.25) is 0 Å². The first-order valence-electron chi connectivity index (χ1n) is 8.42. The first-order valence-corrected chi connectivity index (χ1v) is 8.42. The van der Waals surface area contributed by atoms with Crippen LogP contribution in [0.3, 0.4) is 0 Å². The smallest absolute Gasteiger partial charge is 0.410 e. The van der Waals surface area contributed by atoms with Crippen LogP contribution in [0.4, 0.5) is 4.79 Å². The molecule has 1 saturated heterocycles. The van der Waals surface area contributed by atoms with Gasteiger partial charge in [-0.3, -0.25) is 4.68 Å². The highest BCUT2D eigenvalue weighted by atomic mass is 16.6. The third-order valence-corrected chi connectivity index (χ3v) is 4.45. The minimum Gasteiger partial charge on any atom is -0.444 e. The van der Waals surface area contributed by atoms with Crippen LogP contribution in [0.1, 0.15) is 39.3 Å². The fourth-order valence-corrected chi connectivity index (χ4v) is 3.17. The van der Waals surface area contributed by atoms with Crippen LogP contribution in [-0.4, -0.2) is 52.6 Å². The highest BCUT2D eigenvalue weighted by Gasteiger charge is 2.33. The molecule has 1 amide bonds. The summed E-state index contributed by atoms with van der Waals surface area (Å²) in [6, 6.07) is 2.46. The predicted molar refractivity (Wildman–Crippen MR) is 90.3 cm³/mol. The van der Waals surface area contributed by atoms with E-state index in [9.17, 15) is 4.79 Å². The van der Waals surface area contributed by atoms with Gasteiger partial charge in [-0.05, 0) is 59.1 Å². The molecule has 23 heavy (non-hydrogen) atoms. The number of ether oxygens (including phenoxy) is 1. The fourth-order valence-electron chi connectivity index (χ4n) is 3.17. The Kier molecular flexibility index (Phi) is 5.68. The number of amides is 1. The predicted octanol–water partition coefficient (Wildman–Crippen LogP) is 2.20. The minimum atomic E-state index is -0.433. The number of rotatable bonds is 5. The van der Waals surface area contributed by atoms with E-state index in [0.29, 0.717) is 12.0 Å². The van der Waals surface area contributed by atoms with Crippen molar-refractivity contribution in [3.63, 3.8) is 0 Å². The number of nitrogens with zero attached hydrogens (tertiary/aromatic N) is 3. The van der Waals surface area contributed by atoms with Gasteiger partial charge >= 0.3 is 6.09 Å². The van der Waals surface area contributed by atoms with Crippen LogP contribution < -0.4 is 5.32 Å². The second-order valence-corrected chi connectivity index (χ2v) is 7.36. The zero-order chi connectivity index (χ0) is 17.0. The summed E-state index contributed by atoms with van der Waals surface area (Å²) < 4.78 is 7.40. The average molecular weight is 322 g/mol. The molecule has 0 spiro atoms. The lowest BCUT2D eigenvalue weighted by Crippen LogP contribution is -2.39. The lowest BCUT2D eigenvalue weighted by Gasteiger charge is -2.26. The number of hydrogen-bond donors (Lipinski definition) is 1. The van der Waals surface area contributed by atoms with E-state index in [0.717, 1.165) is 32.4 Å². The summed E-state index contributed by atoms with van der Waals surface area (Å²) in [7, 11) is 3.98. The summed E-state index contributed by atoms with van der Waals surface area (Å²) in [5.41, 5.74) is 0.809. The SMILES string of the molecule is CNC(CCc1ccnn1C)C1CCN(C(=O)OC(C)(C)C)C1. The van der Waals surface area contributed by atoms with E-state index in [1.54, 1.807) is 0 Å². The molecule has 0 radical (unpaired) electrons. The van der Waals surface area contributed by atoms with Crippen molar-refractivity contribution in [3.05, 3.63) is 18.0 Å². The van der Waals surface area contributed by atoms with Crippen molar-refractivity contribution < 1.29 is 9.53 Å². The molecule has 1 aromatic rings. The Morgan fingerprint density at radius 3 is 2.83 bits per heavy atom. The molecule has 2 heterocycles. The average Bonchev–Trinajstić information content (AvgIpc) is 3.08. The van der Waals surface area contributed by atoms with Crippen LogP contribution in [0.25, 0.3) is 0 Å². The van der Waals surface area contributed by atoms with Crippen molar-refractivity contribution in [1.29, 1.82) is 0 Å². The molecular formula is C17H30N4O2. The maximum atomic E-state index is 12.2. The van der Waals surface area contributed by atoms with Gasteiger partial charge in [-0.2, -0.15) is 5.10 Å². The van der Waals surface area contributed by atoms with Crippen LogP contribution in [0.15, 0.2) is 12.3 Å². The van der Waals surface area contributed by atoms with Crippen LogP contribution in [-0.2, 0) is 18.2 Å². The number of nitrogens with one attached hydrogen (secondary N) is 1. The van der Waals surface area contributed by atoms with Crippen LogP contribution in [0.5, 0.6) is 0 Å². The lowest BCUT2D eigenvalue weighted by molar-refractivity contribution is 0.0285. The van der Waals surface area contributed by atoms with Crippen molar-refractivity contribution in [2.75, 3.05) is 20.1 Å². The number of likely N-dealkylation sites (tertiary alicyclic amines) is 1. The molecule has 6 heteroatoms. The Morgan fingerprint density at radius 1 is 1.52 bits per heavy atom. The maximum absolute atomic E-state index is 12.2. The zero-order valence-electron chi connectivity index (χ0n) is 15.0. The molecule has 6 nitrogen and oxygen atoms in total. The van der Waals surface area contributed by atoms with Crippen molar-refractivity contribution in [1.82, 2.24) is 20.0 Å². The minimum absolute atomic E-state index is 0.193. The van der Waals surface area contributed by atoms with Gasteiger partial charge in [0, 0.05) is 38.1 Å². The van der Waals surface area contributed by atoms with Crippen LogP contribution >= 0.6 is 0 Å². The van der Waals surface area contributed by atoms with Gasteiger partial charge in [-0.1, -0.05) is 0 Å². The Bertz CT molecular complexity index is 521. The summed E-state index contributed by atoms with van der Waals surface area (Å²) in [5, 5.41) is 7.64. The number of hydrogen-bond acceptors (Lipinski definition) is 4. The maximum Gasteiger partial charge on any atom is 0.410 e. The highest BCUT2D eigenvalue weighted by Crippen LogP contribution is 2.24. The van der Waals surface area contributed by atoms with E-state index in [2.05, 4.69) is 16.5 Å². The van der Waals surface area contributed by atoms with Crippen molar-refractivity contribution in [2.24, 2.45) is 13.0 Å². The molecule has 1 aliphatic heterocycles. The fraction of sp³-hybridized carbons (Fsp3) is 0.765. The molecule has 1 N–H and O–H groups in total. The second-order valence-electron chi connectivity index (χ2n) is 7.36. The van der Waals surface area contributed by atoms with Crippen molar-refractivity contribution >= 4 is 6.09 Å². The van der Waals surface area contributed by atoms with E-state index in [4.69, 9.17) is 4.74 Å². The molecule has 2 atom stereocenters.